The van der Waals surface area contributed by atoms with Crippen molar-refractivity contribution in [3.63, 3.8) is 0 Å². The number of halogens is 3. The van der Waals surface area contributed by atoms with Gasteiger partial charge in [0.2, 0.25) is 0 Å². The molecule has 0 aromatic carbocycles. The van der Waals surface area contributed by atoms with Crippen molar-refractivity contribution in [2.24, 2.45) is 0 Å². The van der Waals surface area contributed by atoms with Crippen LogP contribution < -0.4 is 5.32 Å². The van der Waals surface area contributed by atoms with Gasteiger partial charge in [0, 0.05) is 12.7 Å². The number of hydrogen-bond acceptors (Lipinski definition) is 2. The Labute approximate surface area is 87.9 Å². The highest BCUT2D eigenvalue weighted by atomic mass is 35.5. The van der Waals surface area contributed by atoms with E-state index < -0.39 is 6.43 Å². The van der Waals surface area contributed by atoms with Gasteiger partial charge in [-0.15, -0.1) is 12.4 Å². The van der Waals surface area contributed by atoms with Gasteiger partial charge in [0.25, 0.3) is 6.43 Å². The quantitative estimate of drug-likeness (QED) is 0.834. The zero-order valence-corrected chi connectivity index (χ0v) is 8.73. The fraction of sp³-hybridized carbons (Fsp3) is 0.625. The second kappa shape index (κ2) is 6.59. The Morgan fingerprint density at radius 2 is 2.29 bits per heavy atom. The van der Waals surface area contributed by atoms with Gasteiger partial charge in [0.1, 0.15) is 6.54 Å². The van der Waals surface area contributed by atoms with Gasteiger partial charge in [0.05, 0.1) is 11.9 Å². The zero-order chi connectivity index (χ0) is 9.68. The number of nitrogens with one attached hydrogen (secondary N) is 1. The Hall–Kier alpha value is -0.840. The molecule has 0 amide bonds. The molecule has 0 unspecified atom stereocenters. The average Bonchev–Trinajstić information content (AvgIpc) is 2.48. The van der Waals surface area contributed by atoms with Gasteiger partial charge in [-0.1, -0.05) is 6.92 Å². The predicted molar refractivity (Wildman–Crippen MR) is 54.3 cm³/mol. The van der Waals surface area contributed by atoms with Crippen LogP contribution in [0.2, 0.25) is 0 Å². The molecule has 0 bridgehead atoms. The van der Waals surface area contributed by atoms with Crippen molar-refractivity contribution in [3.8, 4) is 0 Å². The summed E-state index contributed by atoms with van der Waals surface area (Å²) in [5.74, 6) is 0. The molecule has 1 N–H and O–H groups in total. The van der Waals surface area contributed by atoms with Crippen molar-refractivity contribution in [2.45, 2.75) is 26.3 Å². The summed E-state index contributed by atoms with van der Waals surface area (Å²) in [7, 11) is 0. The third-order valence-electron chi connectivity index (χ3n) is 1.54. The van der Waals surface area contributed by atoms with Gasteiger partial charge < -0.3 is 5.32 Å². The van der Waals surface area contributed by atoms with Crippen molar-refractivity contribution in [1.82, 2.24) is 9.78 Å². The van der Waals surface area contributed by atoms with E-state index in [9.17, 15) is 8.78 Å². The summed E-state index contributed by atoms with van der Waals surface area (Å²) in [5, 5.41) is 6.84. The minimum Gasteiger partial charge on any atom is -0.383 e. The minimum atomic E-state index is -2.35. The highest BCUT2D eigenvalue weighted by Gasteiger charge is 2.04. The van der Waals surface area contributed by atoms with E-state index in [1.165, 1.54) is 4.68 Å². The van der Waals surface area contributed by atoms with Crippen LogP contribution in [-0.2, 0) is 6.54 Å². The number of aromatic nitrogens is 2. The maximum atomic E-state index is 11.9. The van der Waals surface area contributed by atoms with E-state index in [0.717, 1.165) is 18.7 Å². The SMILES string of the molecule is CCCNc1cnn(CC(F)F)c1.Cl. The van der Waals surface area contributed by atoms with E-state index >= 15 is 0 Å². The first-order chi connectivity index (χ1) is 6.22. The van der Waals surface area contributed by atoms with Crippen LogP contribution in [-0.4, -0.2) is 22.8 Å². The monoisotopic (exact) mass is 225 g/mol. The van der Waals surface area contributed by atoms with Crippen molar-refractivity contribution in [2.75, 3.05) is 11.9 Å². The summed E-state index contributed by atoms with van der Waals surface area (Å²) in [6.07, 6.45) is 1.79. The molecule has 0 aliphatic carbocycles. The molecule has 0 aliphatic rings. The second-order valence-electron chi connectivity index (χ2n) is 2.77. The predicted octanol–water partition coefficient (Wildman–Crippen LogP) is 2.39. The van der Waals surface area contributed by atoms with Gasteiger partial charge in [0.15, 0.2) is 0 Å². The van der Waals surface area contributed by atoms with Crippen LogP contribution in [0.4, 0.5) is 14.5 Å². The van der Waals surface area contributed by atoms with Crippen LogP contribution in [0.1, 0.15) is 13.3 Å². The fourth-order valence-electron chi connectivity index (χ4n) is 0.965. The Morgan fingerprint density at radius 3 is 2.86 bits per heavy atom. The summed E-state index contributed by atoms with van der Waals surface area (Å²) in [5.41, 5.74) is 0.794. The van der Waals surface area contributed by atoms with Crippen molar-refractivity contribution in [3.05, 3.63) is 12.4 Å². The maximum Gasteiger partial charge on any atom is 0.257 e. The summed E-state index contributed by atoms with van der Waals surface area (Å²) in [4.78, 5) is 0. The molecular formula is C8H14ClF2N3. The lowest BCUT2D eigenvalue weighted by atomic mass is 10.4. The number of anilines is 1. The standard InChI is InChI=1S/C8H13F2N3.ClH/c1-2-3-11-7-4-12-13(5-7)6-8(9)10;/h4-5,8,11H,2-3,6H2,1H3;1H. The largest absolute Gasteiger partial charge is 0.383 e. The third-order valence-corrected chi connectivity index (χ3v) is 1.54. The molecule has 6 heteroatoms. The molecule has 0 fully saturated rings. The first-order valence-electron chi connectivity index (χ1n) is 4.27. The lowest BCUT2D eigenvalue weighted by molar-refractivity contribution is 0.122. The minimum absolute atomic E-state index is 0. The van der Waals surface area contributed by atoms with Crippen LogP contribution >= 0.6 is 12.4 Å². The molecule has 0 atom stereocenters. The number of nitrogens with zero attached hydrogens (tertiary/aromatic N) is 2. The van der Waals surface area contributed by atoms with E-state index in [1.54, 1.807) is 12.4 Å². The topological polar surface area (TPSA) is 29.9 Å². The van der Waals surface area contributed by atoms with Crippen molar-refractivity contribution >= 4 is 18.1 Å². The Balaban J connectivity index is 0.00000169. The molecule has 82 valence electrons. The van der Waals surface area contributed by atoms with Gasteiger partial charge in [-0.05, 0) is 6.42 Å². The molecule has 1 rings (SSSR count). The zero-order valence-electron chi connectivity index (χ0n) is 7.91. The van der Waals surface area contributed by atoms with Crippen molar-refractivity contribution < 1.29 is 8.78 Å². The molecular weight excluding hydrogens is 212 g/mol. The fourth-order valence-corrected chi connectivity index (χ4v) is 0.965. The molecule has 1 aromatic rings. The van der Waals surface area contributed by atoms with Crippen LogP contribution in [0, 0.1) is 0 Å². The summed E-state index contributed by atoms with van der Waals surface area (Å²) in [6, 6.07) is 0. The molecule has 0 saturated carbocycles. The number of hydrogen-bond donors (Lipinski definition) is 1. The van der Waals surface area contributed by atoms with Crippen LogP contribution in [0.25, 0.3) is 0 Å². The Kier molecular flexibility index (Phi) is 6.19. The third kappa shape index (κ3) is 4.41. The van der Waals surface area contributed by atoms with Gasteiger partial charge in [-0.3, -0.25) is 4.68 Å². The molecule has 3 nitrogen and oxygen atoms in total. The summed E-state index contributed by atoms with van der Waals surface area (Å²) < 4.78 is 25.0. The molecule has 14 heavy (non-hydrogen) atoms. The lowest BCUT2D eigenvalue weighted by Crippen LogP contribution is -2.06. The molecule has 0 aliphatic heterocycles. The van der Waals surface area contributed by atoms with Crippen LogP contribution in [0.15, 0.2) is 12.4 Å². The number of rotatable bonds is 5. The average molecular weight is 226 g/mol. The first-order valence-corrected chi connectivity index (χ1v) is 4.27. The smallest absolute Gasteiger partial charge is 0.257 e. The van der Waals surface area contributed by atoms with E-state index in [2.05, 4.69) is 10.4 Å². The van der Waals surface area contributed by atoms with Gasteiger partial charge >= 0.3 is 0 Å². The van der Waals surface area contributed by atoms with E-state index in [4.69, 9.17) is 0 Å². The normalized spacial score (nSPS) is 10.0. The van der Waals surface area contributed by atoms with E-state index in [1.807, 2.05) is 6.92 Å². The molecule has 0 spiro atoms. The Bertz CT molecular complexity index is 252. The van der Waals surface area contributed by atoms with Gasteiger partial charge in [-0.2, -0.15) is 5.10 Å². The van der Waals surface area contributed by atoms with Crippen LogP contribution in [0.5, 0.6) is 0 Å². The lowest BCUT2D eigenvalue weighted by Gasteiger charge is -1.99. The molecule has 1 aromatic heterocycles. The highest BCUT2D eigenvalue weighted by Crippen LogP contribution is 2.06. The van der Waals surface area contributed by atoms with E-state index in [-0.39, 0.29) is 19.0 Å². The molecule has 0 saturated heterocycles. The first kappa shape index (κ1) is 13.2. The van der Waals surface area contributed by atoms with E-state index in [0.29, 0.717) is 0 Å². The summed E-state index contributed by atoms with van der Waals surface area (Å²) in [6.45, 7) is 2.53. The second-order valence-corrected chi connectivity index (χ2v) is 2.77. The Morgan fingerprint density at radius 1 is 1.57 bits per heavy atom. The maximum absolute atomic E-state index is 11.9. The highest BCUT2D eigenvalue weighted by molar-refractivity contribution is 5.85. The molecule has 0 radical (unpaired) electrons. The van der Waals surface area contributed by atoms with Crippen LogP contribution in [0.3, 0.4) is 0 Å². The summed E-state index contributed by atoms with van der Waals surface area (Å²) >= 11 is 0. The van der Waals surface area contributed by atoms with Gasteiger partial charge in [-0.25, -0.2) is 8.78 Å². The van der Waals surface area contributed by atoms with Crippen molar-refractivity contribution in [1.29, 1.82) is 0 Å². The number of alkyl halides is 2. The molecule has 1 heterocycles.